The van der Waals surface area contributed by atoms with Crippen molar-refractivity contribution in [3.05, 3.63) is 162 Å². The molecule has 0 unspecified atom stereocenters. The summed E-state index contributed by atoms with van der Waals surface area (Å²) in [6.45, 7) is 0. The molecule has 0 spiro atoms. The molecule has 6 rings (SSSR count). The van der Waals surface area contributed by atoms with Crippen LogP contribution in [-0.4, -0.2) is 0 Å². The number of halogens is 2. The van der Waals surface area contributed by atoms with Crippen LogP contribution in [0.2, 0.25) is 0 Å². The van der Waals surface area contributed by atoms with Crippen LogP contribution < -0.4 is 24.8 Å². The van der Waals surface area contributed by atoms with Crippen LogP contribution in [0.1, 0.15) is 35.1 Å². The van der Waals surface area contributed by atoms with Crippen molar-refractivity contribution < 1.29 is 48.0 Å². The second-order valence-corrected chi connectivity index (χ2v) is 12.0. The quantitative estimate of drug-likeness (QED) is 0.321. The van der Waals surface area contributed by atoms with E-state index in [2.05, 4.69) is 133 Å². The average Bonchev–Trinajstić information content (AvgIpc) is 3.55. The van der Waals surface area contributed by atoms with Crippen molar-refractivity contribution in [1.82, 2.24) is 0 Å². The third-order valence-electron chi connectivity index (χ3n) is 6.83. The maximum absolute atomic E-state index is 2.47. The van der Waals surface area contributed by atoms with Crippen LogP contribution in [0.25, 0.3) is 22.3 Å². The molecular weight excluding hydrogens is 571 g/mol. The van der Waals surface area contributed by atoms with Crippen molar-refractivity contribution in [1.29, 1.82) is 0 Å². The Morgan fingerprint density at radius 3 is 1.00 bits per heavy atom. The molecule has 0 aromatic heterocycles. The van der Waals surface area contributed by atoms with E-state index in [9.17, 15) is 0 Å². The van der Waals surface area contributed by atoms with Gasteiger partial charge in [-0.15, -0.1) is 0 Å². The first kappa shape index (κ1) is 27.3. The van der Waals surface area contributed by atoms with Crippen molar-refractivity contribution in [3.63, 3.8) is 0 Å². The van der Waals surface area contributed by atoms with Crippen molar-refractivity contribution in [2.24, 2.45) is 0 Å². The molecule has 0 aliphatic heterocycles. The molecule has 0 atom stereocenters. The van der Waals surface area contributed by atoms with Crippen LogP contribution in [0.3, 0.4) is 0 Å². The molecule has 0 amide bonds. The van der Waals surface area contributed by atoms with Gasteiger partial charge in [-0.1, -0.05) is 0 Å². The van der Waals surface area contributed by atoms with Crippen LogP contribution in [0.5, 0.6) is 0 Å². The zero-order valence-corrected chi connectivity index (χ0v) is 24.3. The molecule has 0 bridgehead atoms. The van der Waals surface area contributed by atoms with Gasteiger partial charge in [0.1, 0.15) is 0 Å². The van der Waals surface area contributed by atoms with E-state index in [-0.39, 0.29) is 24.8 Å². The van der Waals surface area contributed by atoms with Gasteiger partial charge in [0.2, 0.25) is 0 Å². The Bertz CT molecular complexity index is 1350. The number of hydrogen-bond acceptors (Lipinski definition) is 0. The minimum atomic E-state index is -1.16. The second kappa shape index (κ2) is 12.7. The fraction of sp³-hybridized carbons (Fsp3) is 0.0588. The SMILES string of the molecule is C1=C(c2ccccc2)[C]([Zr+2][C]2=C(c3ccccc3)CC=C2c2ccccc2)=C(c2ccccc2)C1.[Cl-].[Cl-]. The molecule has 0 nitrogen and oxygen atoms in total. The molecule has 0 N–H and O–H groups in total. The molecule has 0 saturated carbocycles. The van der Waals surface area contributed by atoms with Crippen molar-refractivity contribution in [2.75, 3.05) is 0 Å². The van der Waals surface area contributed by atoms with Gasteiger partial charge in [0.15, 0.2) is 0 Å². The van der Waals surface area contributed by atoms with Crippen LogP contribution in [-0.2, 0) is 23.2 Å². The summed E-state index contributed by atoms with van der Waals surface area (Å²) in [5.74, 6) is 0. The van der Waals surface area contributed by atoms with E-state index in [0.717, 1.165) is 12.8 Å². The summed E-state index contributed by atoms with van der Waals surface area (Å²) in [6.07, 6.45) is 6.97. The summed E-state index contributed by atoms with van der Waals surface area (Å²) in [5.41, 5.74) is 11.4. The largest absolute Gasteiger partial charge is 1.00 e. The molecule has 180 valence electrons. The first-order valence-corrected chi connectivity index (χ1v) is 14.7. The second-order valence-electron chi connectivity index (χ2n) is 8.94. The van der Waals surface area contributed by atoms with Crippen LogP contribution in [0.15, 0.2) is 140 Å². The normalized spacial score (nSPS) is 14.4. The number of hydrogen-bond donors (Lipinski definition) is 0. The van der Waals surface area contributed by atoms with Crippen LogP contribution in [0.4, 0.5) is 0 Å². The van der Waals surface area contributed by atoms with E-state index in [0.29, 0.717) is 0 Å². The van der Waals surface area contributed by atoms with Gasteiger partial charge in [-0.3, -0.25) is 0 Å². The van der Waals surface area contributed by atoms with Crippen molar-refractivity contribution in [3.8, 4) is 0 Å². The smallest absolute Gasteiger partial charge is 1.00 e. The molecule has 0 saturated heterocycles. The topological polar surface area (TPSA) is 0 Å². The minimum absolute atomic E-state index is 0. The van der Waals surface area contributed by atoms with Gasteiger partial charge in [0.05, 0.1) is 0 Å². The monoisotopic (exact) mass is 594 g/mol. The summed E-state index contributed by atoms with van der Waals surface area (Å²) in [7, 11) is 0. The molecule has 0 heterocycles. The maximum Gasteiger partial charge on any atom is -1.00 e. The van der Waals surface area contributed by atoms with E-state index >= 15 is 0 Å². The van der Waals surface area contributed by atoms with Gasteiger partial charge in [-0.25, -0.2) is 0 Å². The van der Waals surface area contributed by atoms with Gasteiger partial charge in [-0.05, 0) is 0 Å². The Labute approximate surface area is 243 Å². The van der Waals surface area contributed by atoms with E-state index in [1.807, 2.05) is 0 Å². The van der Waals surface area contributed by atoms with E-state index in [1.54, 1.807) is 6.56 Å². The Balaban J connectivity index is 0.00000160. The van der Waals surface area contributed by atoms with Gasteiger partial charge in [0, 0.05) is 0 Å². The first-order chi connectivity index (χ1) is 17.4. The van der Waals surface area contributed by atoms with Crippen LogP contribution >= 0.6 is 0 Å². The van der Waals surface area contributed by atoms with Gasteiger partial charge in [0.25, 0.3) is 0 Å². The standard InChI is InChI=1S/2C17H13.2ClH.Zr/c2*1-3-7-14(8-4-1)16-11-12-17(13-16)15-9-5-2-6-10-15;;;/h2*1-11H,12H2;2*1H;/q;;;;+2/p-2. The first-order valence-electron chi connectivity index (χ1n) is 12.2. The zero-order chi connectivity index (χ0) is 23.5. The Morgan fingerprint density at radius 2 is 0.676 bits per heavy atom. The Morgan fingerprint density at radius 1 is 0.378 bits per heavy atom. The van der Waals surface area contributed by atoms with E-state index in [4.69, 9.17) is 0 Å². The summed E-state index contributed by atoms with van der Waals surface area (Å²) in [6, 6.07) is 44.0. The average molecular weight is 597 g/mol. The third kappa shape index (κ3) is 5.75. The molecule has 3 heteroatoms. The minimum Gasteiger partial charge on any atom is -1.00 e. The molecule has 0 radical (unpaired) electrons. The van der Waals surface area contributed by atoms with E-state index in [1.165, 1.54) is 44.5 Å². The molecule has 2 aliphatic rings. The summed E-state index contributed by atoms with van der Waals surface area (Å²) >= 11 is -1.16. The third-order valence-corrected chi connectivity index (χ3v) is 10.9. The molecule has 0 fully saturated rings. The van der Waals surface area contributed by atoms with Gasteiger partial charge in [-0.2, -0.15) is 0 Å². The van der Waals surface area contributed by atoms with E-state index < -0.39 is 23.2 Å². The summed E-state index contributed by atoms with van der Waals surface area (Å²) in [4.78, 5) is 0. The van der Waals surface area contributed by atoms with Gasteiger partial charge < -0.3 is 24.8 Å². The number of rotatable bonds is 6. The summed E-state index contributed by atoms with van der Waals surface area (Å²) < 4.78 is 3.25. The molecule has 4 aromatic rings. The summed E-state index contributed by atoms with van der Waals surface area (Å²) in [5, 5.41) is 0. The Kier molecular flexibility index (Phi) is 9.39. The predicted octanol–water partition coefficient (Wildman–Crippen LogP) is 2.87. The molecular formula is C34H26Cl2Zr. The number of allylic oxidation sites excluding steroid dienone is 8. The maximum atomic E-state index is 2.47. The molecule has 2 aliphatic carbocycles. The fourth-order valence-corrected chi connectivity index (χ4v) is 9.56. The predicted molar refractivity (Wildman–Crippen MR) is 145 cm³/mol. The number of benzene rings is 4. The fourth-order valence-electron chi connectivity index (χ4n) is 5.12. The van der Waals surface area contributed by atoms with Crippen LogP contribution in [0, 0.1) is 0 Å². The zero-order valence-electron chi connectivity index (χ0n) is 20.4. The molecule has 4 aromatic carbocycles. The Hall–Kier alpha value is -2.70. The van der Waals surface area contributed by atoms with Crippen molar-refractivity contribution in [2.45, 2.75) is 12.8 Å². The van der Waals surface area contributed by atoms with Gasteiger partial charge >= 0.3 is 221 Å². The van der Waals surface area contributed by atoms with Crippen molar-refractivity contribution >= 4 is 22.3 Å². The molecule has 37 heavy (non-hydrogen) atoms.